The molecule has 0 aromatic heterocycles. The van der Waals surface area contributed by atoms with E-state index in [2.05, 4.69) is 10.6 Å². The number of amides is 1. The highest BCUT2D eigenvalue weighted by Crippen LogP contribution is 2.26. The Morgan fingerprint density at radius 1 is 1.03 bits per heavy atom. The van der Waals surface area contributed by atoms with Gasteiger partial charge in [-0.3, -0.25) is 9.59 Å². The minimum atomic E-state index is -3.35. The maximum absolute atomic E-state index is 12.7. The average Bonchev–Trinajstić information content (AvgIpc) is 2.74. The molecule has 7 nitrogen and oxygen atoms in total. The quantitative estimate of drug-likeness (QED) is 0.679. The second-order valence-electron chi connectivity index (χ2n) is 8.04. The molecule has 0 radical (unpaired) electrons. The average molecular weight is 423 g/mol. The molecule has 2 N–H and O–H groups in total. The number of hydrogen-bond acceptors (Lipinski definition) is 6. The molecule has 2 fully saturated rings. The van der Waals surface area contributed by atoms with E-state index >= 15 is 0 Å². The minimum absolute atomic E-state index is 0.0201. The van der Waals surface area contributed by atoms with Crippen LogP contribution in [0.3, 0.4) is 0 Å². The number of hydrogen-bond donors (Lipinski definition) is 2. The predicted octanol–water partition coefficient (Wildman–Crippen LogP) is 1.92. The lowest BCUT2D eigenvalue weighted by Gasteiger charge is -2.27. The smallest absolute Gasteiger partial charge is 0.308 e. The van der Waals surface area contributed by atoms with Gasteiger partial charge in [-0.15, -0.1) is 0 Å². The molecule has 1 aliphatic heterocycles. The van der Waals surface area contributed by atoms with Crippen molar-refractivity contribution < 1.29 is 22.7 Å². The normalized spacial score (nSPS) is 23.3. The number of nitrogens with one attached hydrogen (secondary N) is 2. The molecule has 1 heterocycles. The van der Waals surface area contributed by atoms with Crippen molar-refractivity contribution in [1.29, 1.82) is 0 Å². The fourth-order valence-electron chi connectivity index (χ4n) is 4.18. The highest BCUT2D eigenvalue weighted by molar-refractivity contribution is 7.91. The maximum Gasteiger partial charge on any atom is 0.308 e. The Morgan fingerprint density at radius 2 is 1.66 bits per heavy atom. The van der Waals surface area contributed by atoms with Crippen molar-refractivity contribution in [3.05, 3.63) is 29.8 Å². The molecule has 0 unspecified atom stereocenters. The van der Waals surface area contributed by atoms with Crippen LogP contribution >= 0.6 is 0 Å². The molecule has 1 aromatic carbocycles. The lowest BCUT2D eigenvalue weighted by Crippen LogP contribution is -2.38. The number of methoxy groups -OCH3 is 1. The molecule has 2 aliphatic rings. The Morgan fingerprint density at radius 3 is 2.24 bits per heavy atom. The van der Waals surface area contributed by atoms with Crippen LogP contribution in [0.5, 0.6) is 0 Å². The lowest BCUT2D eigenvalue weighted by atomic mass is 9.86. The van der Waals surface area contributed by atoms with Crippen LogP contribution in [0.15, 0.2) is 29.2 Å². The van der Waals surface area contributed by atoms with Crippen LogP contribution < -0.4 is 10.6 Å². The number of rotatable bonds is 6. The molecule has 3 rings (SSSR count). The largest absolute Gasteiger partial charge is 0.469 e. The molecule has 0 spiro atoms. The van der Waals surface area contributed by atoms with E-state index < -0.39 is 9.84 Å². The first kappa shape index (κ1) is 21.8. The molecule has 29 heavy (non-hydrogen) atoms. The number of carbonyl (C=O) groups is 2. The SMILES string of the molecule is COC(=O)C1CCC(NC(=O)c2ccc(S(=O)(=O)CC3CCNCC3)cc2)CC1. The molecule has 1 aromatic rings. The number of benzene rings is 1. The highest BCUT2D eigenvalue weighted by atomic mass is 32.2. The summed E-state index contributed by atoms with van der Waals surface area (Å²) >= 11 is 0. The van der Waals surface area contributed by atoms with E-state index in [0.717, 1.165) is 38.8 Å². The lowest BCUT2D eigenvalue weighted by molar-refractivity contribution is -0.146. The van der Waals surface area contributed by atoms with Crippen LogP contribution in [0, 0.1) is 11.8 Å². The van der Waals surface area contributed by atoms with Gasteiger partial charge in [0.15, 0.2) is 9.84 Å². The summed E-state index contributed by atoms with van der Waals surface area (Å²) in [5.74, 6) is -0.143. The highest BCUT2D eigenvalue weighted by Gasteiger charge is 2.28. The fourth-order valence-corrected chi connectivity index (χ4v) is 5.87. The topological polar surface area (TPSA) is 102 Å². The standard InChI is InChI=1S/C21H30N2O5S/c1-28-21(25)17-2-6-18(7-3-17)23-20(24)16-4-8-19(9-5-16)29(26,27)14-15-10-12-22-13-11-15/h4-5,8-9,15,17-18,22H,2-3,6-7,10-14H2,1H3,(H,23,24). The van der Waals surface area contributed by atoms with Gasteiger partial charge in [0.25, 0.3) is 5.91 Å². The van der Waals surface area contributed by atoms with Gasteiger partial charge in [0.05, 0.1) is 23.7 Å². The number of ether oxygens (including phenoxy) is 1. The maximum atomic E-state index is 12.7. The van der Waals surface area contributed by atoms with Gasteiger partial charge in [-0.25, -0.2) is 8.42 Å². The summed E-state index contributed by atoms with van der Waals surface area (Å²) in [4.78, 5) is 24.4. The van der Waals surface area contributed by atoms with Crippen LogP contribution in [0.2, 0.25) is 0 Å². The zero-order chi connectivity index (χ0) is 20.9. The number of sulfone groups is 1. The van der Waals surface area contributed by atoms with Crippen LogP contribution in [-0.4, -0.2) is 52.3 Å². The van der Waals surface area contributed by atoms with Crippen molar-refractivity contribution in [3.63, 3.8) is 0 Å². The van der Waals surface area contributed by atoms with Crippen molar-refractivity contribution in [2.75, 3.05) is 26.0 Å². The van der Waals surface area contributed by atoms with Crippen molar-refractivity contribution in [2.45, 2.75) is 49.5 Å². The van der Waals surface area contributed by atoms with Gasteiger partial charge in [0.2, 0.25) is 0 Å². The first-order valence-corrected chi connectivity index (χ1v) is 12.0. The van der Waals surface area contributed by atoms with E-state index in [9.17, 15) is 18.0 Å². The third-order valence-corrected chi connectivity index (χ3v) is 7.89. The second-order valence-corrected chi connectivity index (χ2v) is 10.1. The minimum Gasteiger partial charge on any atom is -0.469 e. The van der Waals surface area contributed by atoms with E-state index in [1.807, 2.05) is 0 Å². The molecule has 1 saturated carbocycles. The molecule has 1 saturated heterocycles. The third-order valence-electron chi connectivity index (χ3n) is 5.99. The molecular formula is C21H30N2O5S. The summed E-state index contributed by atoms with van der Waals surface area (Å²) < 4.78 is 30.1. The zero-order valence-electron chi connectivity index (χ0n) is 16.9. The van der Waals surface area contributed by atoms with Gasteiger partial charge in [0.1, 0.15) is 0 Å². The van der Waals surface area contributed by atoms with E-state index in [4.69, 9.17) is 4.74 Å². The summed E-state index contributed by atoms with van der Waals surface area (Å²) in [6, 6.07) is 6.22. The van der Waals surface area contributed by atoms with Crippen LogP contribution in [0.25, 0.3) is 0 Å². The van der Waals surface area contributed by atoms with Gasteiger partial charge in [-0.2, -0.15) is 0 Å². The van der Waals surface area contributed by atoms with Gasteiger partial charge in [-0.1, -0.05) is 0 Å². The van der Waals surface area contributed by atoms with Crippen LogP contribution in [-0.2, 0) is 19.4 Å². The molecule has 8 heteroatoms. The van der Waals surface area contributed by atoms with Crippen molar-refractivity contribution in [2.24, 2.45) is 11.8 Å². The molecule has 160 valence electrons. The first-order valence-electron chi connectivity index (χ1n) is 10.3. The number of piperidine rings is 1. The Hall–Kier alpha value is -1.93. The first-order chi connectivity index (χ1) is 13.9. The van der Waals surface area contributed by atoms with Gasteiger partial charge in [-0.05, 0) is 81.8 Å². The zero-order valence-corrected chi connectivity index (χ0v) is 17.7. The van der Waals surface area contributed by atoms with E-state index in [1.54, 1.807) is 12.1 Å². The molecule has 0 bridgehead atoms. The van der Waals surface area contributed by atoms with Crippen molar-refractivity contribution in [3.8, 4) is 0 Å². The Kier molecular flexibility index (Phi) is 7.29. The summed E-state index contributed by atoms with van der Waals surface area (Å²) in [6.45, 7) is 1.72. The molecule has 1 amide bonds. The van der Waals surface area contributed by atoms with E-state index in [0.29, 0.717) is 18.4 Å². The van der Waals surface area contributed by atoms with Crippen LogP contribution in [0.1, 0.15) is 48.9 Å². The number of esters is 1. The molecular weight excluding hydrogens is 392 g/mol. The van der Waals surface area contributed by atoms with Gasteiger partial charge < -0.3 is 15.4 Å². The Bertz CT molecular complexity index is 808. The second kappa shape index (κ2) is 9.71. The molecule has 1 aliphatic carbocycles. The summed E-state index contributed by atoms with van der Waals surface area (Å²) in [5, 5.41) is 6.23. The van der Waals surface area contributed by atoms with Crippen molar-refractivity contribution in [1.82, 2.24) is 10.6 Å². The summed E-state index contributed by atoms with van der Waals surface area (Å²) in [6.07, 6.45) is 4.61. The van der Waals surface area contributed by atoms with Gasteiger partial charge >= 0.3 is 5.97 Å². The molecule has 0 atom stereocenters. The van der Waals surface area contributed by atoms with E-state index in [1.165, 1.54) is 19.2 Å². The fraction of sp³-hybridized carbons (Fsp3) is 0.619. The monoisotopic (exact) mass is 422 g/mol. The van der Waals surface area contributed by atoms with E-state index in [-0.39, 0.29) is 40.4 Å². The van der Waals surface area contributed by atoms with Crippen molar-refractivity contribution >= 4 is 21.7 Å². The predicted molar refractivity (Wildman–Crippen MR) is 109 cm³/mol. The third kappa shape index (κ3) is 5.79. The Balaban J connectivity index is 1.54. The summed E-state index contributed by atoms with van der Waals surface area (Å²) in [7, 11) is -1.95. The Labute approximate surface area is 172 Å². The number of carbonyl (C=O) groups excluding carboxylic acids is 2. The van der Waals surface area contributed by atoms with Gasteiger partial charge in [0, 0.05) is 11.6 Å². The van der Waals surface area contributed by atoms with Crippen LogP contribution in [0.4, 0.5) is 0 Å². The summed E-state index contributed by atoms with van der Waals surface area (Å²) in [5.41, 5.74) is 0.445.